The maximum absolute atomic E-state index is 11.7. The number of allylic oxidation sites excluding steroid dienone is 2. The predicted octanol–water partition coefficient (Wildman–Crippen LogP) is 8.72. The van der Waals surface area contributed by atoms with Gasteiger partial charge in [0, 0.05) is 43.7 Å². The van der Waals surface area contributed by atoms with Crippen LogP contribution in [0.3, 0.4) is 0 Å². The quantitative estimate of drug-likeness (QED) is 0.117. The van der Waals surface area contributed by atoms with Gasteiger partial charge >= 0.3 is 0 Å². The summed E-state index contributed by atoms with van der Waals surface area (Å²) >= 11 is 0. The molecule has 0 fully saturated rings. The van der Waals surface area contributed by atoms with Gasteiger partial charge in [-0.25, -0.2) is 0 Å². The number of pyridine rings is 1. The second-order valence-corrected chi connectivity index (χ2v) is 8.85. The molecule has 1 N–H and O–H groups in total. The molecule has 1 radical (unpaired) electrons. The normalized spacial score (nSPS) is 11.3. The summed E-state index contributed by atoms with van der Waals surface area (Å²) in [6.07, 6.45) is 4.91. The van der Waals surface area contributed by atoms with Crippen molar-refractivity contribution in [1.29, 1.82) is 0 Å². The van der Waals surface area contributed by atoms with Crippen LogP contribution in [-0.2, 0) is 24.9 Å². The Morgan fingerprint density at radius 3 is 2.06 bits per heavy atom. The summed E-state index contributed by atoms with van der Waals surface area (Å²) in [5.41, 5.74) is 3.02. The van der Waals surface area contributed by atoms with E-state index in [0.29, 0.717) is 0 Å². The Hall–Kier alpha value is -2.81. The largest absolute Gasteiger partial charge is 0.512 e. The first kappa shape index (κ1) is 29.4. The van der Waals surface area contributed by atoms with Crippen molar-refractivity contribution in [3.8, 4) is 11.3 Å². The van der Waals surface area contributed by atoms with Crippen LogP contribution in [0.15, 0.2) is 84.6 Å². The second kappa shape index (κ2) is 14.7. The SMILES string of the molecule is CCC(CC)C(=O)/C=C(\O)C(CC)CC.[Ir].[c-]1c(-c2ccc3ccccc3n2)ccc2ccccc12. The van der Waals surface area contributed by atoms with Crippen molar-refractivity contribution in [1.82, 2.24) is 4.98 Å². The van der Waals surface area contributed by atoms with Crippen LogP contribution >= 0.6 is 0 Å². The Labute approximate surface area is 229 Å². The van der Waals surface area contributed by atoms with Crippen molar-refractivity contribution < 1.29 is 30.0 Å². The van der Waals surface area contributed by atoms with Gasteiger partial charge in [0.25, 0.3) is 0 Å². The predicted molar refractivity (Wildman–Crippen MR) is 147 cm³/mol. The van der Waals surface area contributed by atoms with E-state index >= 15 is 0 Å². The fourth-order valence-corrected chi connectivity index (χ4v) is 4.26. The number of ketones is 1. The summed E-state index contributed by atoms with van der Waals surface area (Å²) < 4.78 is 0. The molecule has 0 spiro atoms. The van der Waals surface area contributed by atoms with E-state index in [0.717, 1.165) is 53.2 Å². The van der Waals surface area contributed by atoms with Crippen molar-refractivity contribution in [2.45, 2.75) is 53.4 Å². The van der Waals surface area contributed by atoms with Gasteiger partial charge in [0.05, 0.1) is 11.3 Å². The Bertz CT molecular complexity index is 1210. The summed E-state index contributed by atoms with van der Waals surface area (Å²) in [6, 6.07) is 28.3. The van der Waals surface area contributed by atoms with E-state index in [2.05, 4.69) is 48.5 Å². The molecular formula is C32H36IrNO2-. The van der Waals surface area contributed by atoms with Crippen molar-refractivity contribution in [2.24, 2.45) is 11.8 Å². The Balaban J connectivity index is 0.000000260. The van der Waals surface area contributed by atoms with Gasteiger partial charge in [0.15, 0.2) is 5.78 Å². The third kappa shape index (κ3) is 7.59. The topological polar surface area (TPSA) is 50.2 Å². The summed E-state index contributed by atoms with van der Waals surface area (Å²) in [4.78, 5) is 16.4. The maximum atomic E-state index is 11.7. The first-order chi connectivity index (χ1) is 17.0. The smallest absolute Gasteiger partial charge is 0.162 e. The van der Waals surface area contributed by atoms with E-state index in [9.17, 15) is 9.90 Å². The van der Waals surface area contributed by atoms with Gasteiger partial charge in [-0.05, 0) is 37.1 Å². The van der Waals surface area contributed by atoms with E-state index in [1.54, 1.807) is 0 Å². The van der Waals surface area contributed by atoms with Crippen molar-refractivity contribution in [3.05, 3.63) is 90.7 Å². The zero-order valence-electron chi connectivity index (χ0n) is 21.6. The van der Waals surface area contributed by atoms with Crippen LogP contribution in [-0.4, -0.2) is 15.9 Å². The summed E-state index contributed by atoms with van der Waals surface area (Å²) in [5, 5.41) is 13.3. The molecule has 0 aliphatic heterocycles. The van der Waals surface area contributed by atoms with E-state index in [4.69, 9.17) is 4.98 Å². The molecule has 0 unspecified atom stereocenters. The molecule has 4 rings (SSSR count). The second-order valence-electron chi connectivity index (χ2n) is 8.85. The third-order valence-corrected chi connectivity index (χ3v) is 6.62. The van der Waals surface area contributed by atoms with Crippen molar-refractivity contribution in [2.75, 3.05) is 0 Å². The minimum atomic E-state index is 0. The Kier molecular flexibility index (Phi) is 12.0. The van der Waals surface area contributed by atoms with Crippen molar-refractivity contribution >= 4 is 27.5 Å². The molecular weight excluding hydrogens is 623 g/mol. The molecule has 4 heteroatoms. The molecule has 36 heavy (non-hydrogen) atoms. The fraction of sp³-hybridized carbons (Fsp3) is 0.312. The van der Waals surface area contributed by atoms with E-state index < -0.39 is 0 Å². The minimum absolute atomic E-state index is 0. The number of hydrogen-bond acceptors (Lipinski definition) is 3. The number of aromatic nitrogens is 1. The zero-order chi connectivity index (χ0) is 25.2. The van der Waals surface area contributed by atoms with Gasteiger partial charge in [-0.15, -0.1) is 29.7 Å². The molecule has 0 aliphatic carbocycles. The summed E-state index contributed by atoms with van der Waals surface area (Å²) in [5.74, 6) is 0.547. The first-order valence-corrected chi connectivity index (χ1v) is 12.7. The van der Waals surface area contributed by atoms with Gasteiger partial charge in [-0.3, -0.25) is 9.78 Å². The molecule has 1 aromatic heterocycles. The van der Waals surface area contributed by atoms with E-state index in [1.165, 1.54) is 11.5 Å². The number of carbonyl (C=O) groups is 1. The Morgan fingerprint density at radius 1 is 0.806 bits per heavy atom. The van der Waals surface area contributed by atoms with Crippen molar-refractivity contribution in [3.63, 3.8) is 0 Å². The first-order valence-electron chi connectivity index (χ1n) is 12.7. The average molecular weight is 659 g/mol. The molecule has 3 nitrogen and oxygen atoms in total. The van der Waals surface area contributed by atoms with Gasteiger partial charge in [0.1, 0.15) is 0 Å². The van der Waals surface area contributed by atoms with E-state index in [-0.39, 0.29) is 43.5 Å². The number of aliphatic hydroxyl groups excluding tert-OH is 1. The van der Waals surface area contributed by atoms with Gasteiger partial charge < -0.3 is 5.11 Å². The number of aliphatic hydroxyl groups is 1. The number of para-hydroxylation sites is 1. The van der Waals surface area contributed by atoms with Crippen LogP contribution < -0.4 is 0 Å². The van der Waals surface area contributed by atoms with Crippen LogP contribution in [0.1, 0.15) is 53.4 Å². The number of rotatable bonds is 8. The third-order valence-electron chi connectivity index (χ3n) is 6.62. The number of hydrogen-bond donors (Lipinski definition) is 1. The summed E-state index contributed by atoms with van der Waals surface area (Å²) in [6.45, 7) is 8.07. The fourth-order valence-electron chi connectivity index (χ4n) is 4.26. The number of nitrogens with zero attached hydrogens (tertiary/aromatic N) is 1. The molecule has 0 amide bonds. The molecule has 4 aromatic rings. The molecule has 0 bridgehead atoms. The van der Waals surface area contributed by atoms with Crippen LogP contribution in [0.2, 0.25) is 0 Å². The molecule has 0 atom stereocenters. The molecule has 3 aromatic carbocycles. The number of benzene rings is 3. The van der Waals surface area contributed by atoms with Gasteiger partial charge in [-0.1, -0.05) is 87.2 Å². The molecule has 0 saturated carbocycles. The standard InChI is InChI=1S/C19H12N.C13H24O2.Ir/c1-2-7-16-13-17(10-9-14(16)5-1)19-12-11-15-6-3-4-8-18(15)20-19;1-5-10(6-2)12(14)9-13(15)11(7-3)8-4;/h1-12H;9-11,14H,5-8H2,1-4H3;/q-1;;/b;12-9-;. The van der Waals surface area contributed by atoms with Crippen LogP contribution in [0.25, 0.3) is 32.9 Å². The zero-order valence-corrected chi connectivity index (χ0v) is 24.0. The Morgan fingerprint density at radius 2 is 1.39 bits per heavy atom. The molecule has 0 aliphatic rings. The maximum Gasteiger partial charge on any atom is 0.162 e. The van der Waals surface area contributed by atoms with Crippen LogP contribution in [0.4, 0.5) is 0 Å². The number of fused-ring (bicyclic) bond motifs is 2. The van der Waals surface area contributed by atoms with Gasteiger partial charge in [-0.2, -0.15) is 0 Å². The molecule has 191 valence electrons. The van der Waals surface area contributed by atoms with Gasteiger partial charge in [0.2, 0.25) is 0 Å². The van der Waals surface area contributed by atoms with Crippen LogP contribution in [0, 0.1) is 17.9 Å². The average Bonchev–Trinajstić information content (AvgIpc) is 2.90. The van der Waals surface area contributed by atoms with E-state index in [1.807, 2.05) is 58.0 Å². The number of carbonyl (C=O) groups excluding carboxylic acids is 1. The molecule has 0 saturated heterocycles. The monoisotopic (exact) mass is 659 g/mol. The van der Waals surface area contributed by atoms with Crippen LogP contribution in [0.5, 0.6) is 0 Å². The minimum Gasteiger partial charge on any atom is -0.512 e. The summed E-state index contributed by atoms with van der Waals surface area (Å²) in [7, 11) is 0. The molecule has 1 heterocycles.